The van der Waals surface area contributed by atoms with E-state index in [0.29, 0.717) is 11.8 Å². The second kappa shape index (κ2) is 8.95. The van der Waals surface area contributed by atoms with E-state index >= 15 is 0 Å². The number of rotatable bonds is 5. The molecule has 2 aromatic heterocycles. The summed E-state index contributed by atoms with van der Waals surface area (Å²) in [7, 11) is 0. The Balaban J connectivity index is 1.76. The second-order valence-electron chi connectivity index (χ2n) is 11.3. The van der Waals surface area contributed by atoms with Gasteiger partial charge in [0.15, 0.2) is 0 Å². The van der Waals surface area contributed by atoms with Crippen LogP contribution in [0.15, 0.2) is 66.0 Å². The van der Waals surface area contributed by atoms with E-state index in [1.165, 1.54) is 43.4 Å². The van der Waals surface area contributed by atoms with Crippen molar-refractivity contribution < 1.29 is 0 Å². The molecule has 0 aliphatic rings. The number of hydrogen-bond donors (Lipinski definition) is 0. The fourth-order valence-corrected chi connectivity index (χ4v) is 6.08. The van der Waals surface area contributed by atoms with Gasteiger partial charge in [-0.15, -0.1) is 11.3 Å². The molecule has 0 amide bonds. The maximum absolute atomic E-state index is 5.21. The van der Waals surface area contributed by atoms with Crippen LogP contribution in [0.25, 0.3) is 32.5 Å². The lowest BCUT2D eigenvalue weighted by molar-refractivity contribution is 0.591. The van der Waals surface area contributed by atoms with Gasteiger partial charge in [0.2, 0.25) is 0 Å². The lowest BCUT2D eigenvalue weighted by atomic mass is 9.86. The Morgan fingerprint density at radius 1 is 0.857 bits per heavy atom. The van der Waals surface area contributed by atoms with Gasteiger partial charge >= 0.3 is 0 Å². The van der Waals surface area contributed by atoms with E-state index in [2.05, 4.69) is 119 Å². The highest BCUT2D eigenvalue weighted by Crippen LogP contribution is 2.39. The molecule has 3 heteroatoms. The summed E-state index contributed by atoms with van der Waals surface area (Å²) < 4.78 is 3.77. The first kappa shape index (κ1) is 23.8. The van der Waals surface area contributed by atoms with Crippen LogP contribution in [-0.4, -0.2) is 9.55 Å². The van der Waals surface area contributed by atoms with Crippen molar-refractivity contribution in [2.45, 2.75) is 72.3 Å². The van der Waals surface area contributed by atoms with Gasteiger partial charge in [0.25, 0.3) is 0 Å². The minimum Gasteiger partial charge on any atom is -0.319 e. The number of thiophene rings is 1. The molecule has 0 aliphatic heterocycles. The SMILES string of the molecule is CC(C)c1cccc(C(C)C)c1Cn1c(-c2csc3ccc(C(C)(C)C)cc23)nc2ccccc21. The molecule has 0 N–H and O–H groups in total. The molecule has 0 atom stereocenters. The van der Waals surface area contributed by atoms with Crippen molar-refractivity contribution in [2.75, 3.05) is 0 Å². The van der Waals surface area contributed by atoms with E-state index in [9.17, 15) is 0 Å². The summed E-state index contributed by atoms with van der Waals surface area (Å²) in [6.07, 6.45) is 0. The lowest BCUT2D eigenvalue weighted by Gasteiger charge is -2.21. The standard InChI is InChI=1S/C32H36N2S/c1-20(2)23-11-10-12-24(21(3)4)26(23)18-34-29-14-9-8-13-28(29)33-31(34)27-19-35-30-16-15-22(17-25(27)30)32(5,6)7/h8-17,19-21H,18H2,1-7H3. The second-order valence-corrected chi connectivity index (χ2v) is 12.3. The molecular weight excluding hydrogens is 444 g/mol. The maximum Gasteiger partial charge on any atom is 0.142 e. The Bertz CT molecular complexity index is 1480. The van der Waals surface area contributed by atoms with Gasteiger partial charge in [0.1, 0.15) is 5.82 Å². The smallest absolute Gasteiger partial charge is 0.142 e. The predicted octanol–water partition coefficient (Wildman–Crippen LogP) is 9.51. The van der Waals surface area contributed by atoms with Crippen molar-refractivity contribution in [1.29, 1.82) is 0 Å². The summed E-state index contributed by atoms with van der Waals surface area (Å²) in [4.78, 5) is 5.21. The molecule has 5 aromatic rings. The van der Waals surface area contributed by atoms with E-state index in [1.807, 2.05) is 11.3 Å². The quantitative estimate of drug-likeness (QED) is 0.245. The third-order valence-electron chi connectivity index (χ3n) is 7.14. The highest BCUT2D eigenvalue weighted by atomic mass is 32.1. The Kier molecular flexibility index (Phi) is 6.09. The third-order valence-corrected chi connectivity index (χ3v) is 8.11. The molecule has 0 unspecified atom stereocenters. The molecule has 2 heterocycles. The van der Waals surface area contributed by atoms with E-state index in [-0.39, 0.29) is 5.41 Å². The Hall–Kier alpha value is -2.91. The molecule has 0 saturated carbocycles. The molecule has 5 rings (SSSR count). The largest absolute Gasteiger partial charge is 0.319 e. The fourth-order valence-electron chi connectivity index (χ4n) is 5.16. The van der Waals surface area contributed by atoms with Crippen LogP contribution >= 0.6 is 11.3 Å². The molecular formula is C32H36N2S. The van der Waals surface area contributed by atoms with Gasteiger partial charge in [0, 0.05) is 21.0 Å². The molecule has 3 aromatic carbocycles. The van der Waals surface area contributed by atoms with Gasteiger partial charge in [-0.2, -0.15) is 0 Å². The molecule has 2 nitrogen and oxygen atoms in total. The average Bonchev–Trinajstić information content (AvgIpc) is 3.39. The topological polar surface area (TPSA) is 17.8 Å². The molecule has 0 bridgehead atoms. The van der Waals surface area contributed by atoms with Crippen LogP contribution < -0.4 is 0 Å². The lowest BCUT2D eigenvalue weighted by Crippen LogP contribution is -2.11. The number of aromatic nitrogens is 2. The monoisotopic (exact) mass is 480 g/mol. The van der Waals surface area contributed by atoms with Crippen molar-refractivity contribution in [3.8, 4) is 11.4 Å². The fraction of sp³-hybridized carbons (Fsp3) is 0.344. The summed E-state index contributed by atoms with van der Waals surface area (Å²) in [6.45, 7) is 16.9. The molecule has 180 valence electrons. The number of hydrogen-bond acceptors (Lipinski definition) is 2. The highest BCUT2D eigenvalue weighted by molar-refractivity contribution is 7.17. The predicted molar refractivity (Wildman–Crippen MR) is 153 cm³/mol. The minimum atomic E-state index is 0.107. The van der Waals surface area contributed by atoms with Crippen molar-refractivity contribution in [3.63, 3.8) is 0 Å². The van der Waals surface area contributed by atoms with Gasteiger partial charge in [-0.05, 0) is 63.8 Å². The Labute approximate surface area is 213 Å². The maximum atomic E-state index is 5.21. The molecule has 35 heavy (non-hydrogen) atoms. The minimum absolute atomic E-state index is 0.107. The summed E-state index contributed by atoms with van der Waals surface area (Å²) in [5.41, 5.74) is 9.27. The van der Waals surface area contributed by atoms with Gasteiger partial charge in [-0.1, -0.05) is 84.9 Å². The Morgan fingerprint density at radius 3 is 2.20 bits per heavy atom. The first-order chi connectivity index (χ1) is 16.6. The number of nitrogens with zero attached hydrogens (tertiary/aromatic N) is 2. The highest BCUT2D eigenvalue weighted by Gasteiger charge is 2.21. The summed E-state index contributed by atoms with van der Waals surface area (Å²) in [6, 6.07) is 22.4. The van der Waals surface area contributed by atoms with E-state index in [1.54, 1.807) is 0 Å². The summed E-state index contributed by atoms with van der Waals surface area (Å²) in [5.74, 6) is 2.01. The number of imidazole rings is 1. The first-order valence-corrected chi connectivity index (χ1v) is 13.6. The van der Waals surface area contributed by atoms with E-state index in [0.717, 1.165) is 17.9 Å². The first-order valence-electron chi connectivity index (χ1n) is 12.7. The average molecular weight is 481 g/mol. The van der Waals surface area contributed by atoms with Crippen LogP contribution in [0.5, 0.6) is 0 Å². The number of fused-ring (bicyclic) bond motifs is 2. The van der Waals surface area contributed by atoms with Gasteiger partial charge in [-0.3, -0.25) is 0 Å². The van der Waals surface area contributed by atoms with E-state index in [4.69, 9.17) is 4.98 Å². The third kappa shape index (κ3) is 4.31. The molecule has 0 spiro atoms. The zero-order valence-corrected chi connectivity index (χ0v) is 22.8. The van der Waals surface area contributed by atoms with Crippen molar-refractivity contribution in [1.82, 2.24) is 9.55 Å². The van der Waals surface area contributed by atoms with Gasteiger partial charge in [-0.25, -0.2) is 4.98 Å². The van der Waals surface area contributed by atoms with Crippen LogP contribution in [0, 0.1) is 0 Å². The van der Waals surface area contributed by atoms with Gasteiger partial charge in [0.05, 0.1) is 17.6 Å². The molecule has 0 saturated heterocycles. The summed E-state index contributed by atoms with van der Waals surface area (Å²) in [5, 5.41) is 3.60. The normalized spacial score (nSPS) is 12.5. The van der Waals surface area contributed by atoms with Crippen LogP contribution in [-0.2, 0) is 12.0 Å². The van der Waals surface area contributed by atoms with Crippen LogP contribution in [0.1, 0.15) is 82.6 Å². The Morgan fingerprint density at radius 2 is 1.54 bits per heavy atom. The zero-order valence-electron chi connectivity index (χ0n) is 22.0. The van der Waals surface area contributed by atoms with Gasteiger partial charge < -0.3 is 4.57 Å². The molecule has 0 radical (unpaired) electrons. The molecule has 0 aliphatic carbocycles. The van der Waals surface area contributed by atoms with Crippen molar-refractivity contribution in [2.24, 2.45) is 0 Å². The van der Waals surface area contributed by atoms with Crippen LogP contribution in [0.4, 0.5) is 0 Å². The zero-order chi connectivity index (χ0) is 24.9. The van der Waals surface area contributed by atoms with Crippen molar-refractivity contribution >= 4 is 32.5 Å². The number of benzene rings is 3. The van der Waals surface area contributed by atoms with Crippen LogP contribution in [0.3, 0.4) is 0 Å². The number of para-hydroxylation sites is 2. The van der Waals surface area contributed by atoms with Crippen molar-refractivity contribution in [3.05, 3.63) is 88.3 Å². The molecule has 0 fully saturated rings. The van der Waals surface area contributed by atoms with Crippen LogP contribution in [0.2, 0.25) is 0 Å². The van der Waals surface area contributed by atoms with E-state index < -0.39 is 0 Å². The summed E-state index contributed by atoms with van der Waals surface area (Å²) >= 11 is 1.82.